The van der Waals surface area contributed by atoms with Gasteiger partial charge in [0.1, 0.15) is 5.75 Å². The van der Waals surface area contributed by atoms with Crippen molar-refractivity contribution < 1.29 is 27.4 Å². The highest BCUT2D eigenvalue weighted by Gasteiger charge is 2.21. The van der Waals surface area contributed by atoms with Gasteiger partial charge in [-0.3, -0.25) is 9.10 Å². The van der Waals surface area contributed by atoms with Crippen molar-refractivity contribution >= 4 is 27.3 Å². The highest BCUT2D eigenvalue weighted by molar-refractivity contribution is 7.92. The van der Waals surface area contributed by atoms with E-state index in [0.29, 0.717) is 41.7 Å². The SMILES string of the molecule is CCOc1ccccc1NC(=O)CCCN(c1ccc2c(c1)OCO2)S(C)(=O)=O. The number of nitrogens with one attached hydrogen (secondary N) is 1. The lowest BCUT2D eigenvalue weighted by Crippen LogP contribution is -2.31. The second-order valence-electron chi connectivity index (χ2n) is 6.45. The number of hydrogen-bond acceptors (Lipinski definition) is 6. The first-order valence-corrected chi connectivity index (χ1v) is 11.1. The molecule has 0 radical (unpaired) electrons. The molecule has 0 aromatic heterocycles. The van der Waals surface area contributed by atoms with Crippen molar-refractivity contribution in [2.24, 2.45) is 0 Å². The van der Waals surface area contributed by atoms with Gasteiger partial charge in [0, 0.05) is 19.0 Å². The maximum atomic E-state index is 12.3. The first-order valence-electron chi connectivity index (χ1n) is 9.27. The van der Waals surface area contributed by atoms with Crippen LogP contribution in [0.4, 0.5) is 11.4 Å². The molecule has 0 fully saturated rings. The summed E-state index contributed by atoms with van der Waals surface area (Å²) in [5.41, 5.74) is 1.06. The van der Waals surface area contributed by atoms with Crippen LogP contribution in [0.2, 0.25) is 0 Å². The Kier molecular flexibility index (Phi) is 6.48. The number of sulfonamides is 1. The second kappa shape index (κ2) is 9.04. The molecule has 0 bridgehead atoms. The van der Waals surface area contributed by atoms with Gasteiger partial charge in [0.15, 0.2) is 11.5 Å². The van der Waals surface area contributed by atoms with Crippen LogP contribution in [0, 0.1) is 0 Å². The molecular weight excluding hydrogens is 396 g/mol. The zero-order valence-electron chi connectivity index (χ0n) is 16.4. The third-order valence-corrected chi connectivity index (χ3v) is 5.46. The predicted octanol–water partition coefficient (Wildman–Crippen LogP) is 3.00. The van der Waals surface area contributed by atoms with Gasteiger partial charge in [-0.25, -0.2) is 8.42 Å². The number of ether oxygens (including phenoxy) is 3. The van der Waals surface area contributed by atoms with Crippen molar-refractivity contribution in [3.8, 4) is 17.2 Å². The summed E-state index contributed by atoms with van der Waals surface area (Å²) in [6.07, 6.45) is 1.65. The van der Waals surface area contributed by atoms with Crippen LogP contribution in [0.5, 0.6) is 17.2 Å². The normalized spacial score (nSPS) is 12.5. The highest BCUT2D eigenvalue weighted by Crippen LogP contribution is 2.36. The molecule has 1 aliphatic rings. The van der Waals surface area contributed by atoms with Crippen LogP contribution in [0.25, 0.3) is 0 Å². The standard InChI is InChI=1S/C20H24N2O6S/c1-3-26-17-8-5-4-7-16(17)21-20(23)9-6-12-22(29(2,24)25)15-10-11-18-19(13-15)28-14-27-18/h4-5,7-8,10-11,13H,3,6,9,12,14H2,1-2H3,(H,21,23). The van der Waals surface area contributed by atoms with Crippen molar-refractivity contribution in [1.29, 1.82) is 0 Å². The molecule has 2 aromatic carbocycles. The molecule has 1 N–H and O–H groups in total. The Morgan fingerprint density at radius 1 is 1.17 bits per heavy atom. The largest absolute Gasteiger partial charge is 0.492 e. The number of rotatable bonds is 9. The van der Waals surface area contributed by atoms with E-state index < -0.39 is 10.0 Å². The Morgan fingerprint density at radius 2 is 1.93 bits per heavy atom. The fraction of sp³-hybridized carbons (Fsp3) is 0.350. The molecule has 1 amide bonds. The Balaban J connectivity index is 1.62. The number of para-hydroxylation sites is 2. The van der Waals surface area contributed by atoms with Gasteiger partial charge >= 0.3 is 0 Å². The maximum Gasteiger partial charge on any atom is 0.232 e. The topological polar surface area (TPSA) is 94.2 Å². The van der Waals surface area contributed by atoms with E-state index in [9.17, 15) is 13.2 Å². The molecule has 0 saturated carbocycles. The Hall–Kier alpha value is -2.94. The van der Waals surface area contributed by atoms with E-state index in [1.165, 1.54) is 4.31 Å². The lowest BCUT2D eigenvalue weighted by Gasteiger charge is -2.22. The lowest BCUT2D eigenvalue weighted by molar-refractivity contribution is -0.116. The number of anilines is 2. The molecule has 0 saturated heterocycles. The van der Waals surface area contributed by atoms with Gasteiger partial charge in [0.25, 0.3) is 0 Å². The summed E-state index contributed by atoms with van der Waals surface area (Å²) in [6.45, 7) is 2.64. The number of nitrogens with zero attached hydrogens (tertiary/aromatic N) is 1. The van der Waals surface area contributed by atoms with Crippen molar-refractivity contribution in [3.05, 3.63) is 42.5 Å². The van der Waals surface area contributed by atoms with Crippen LogP contribution in [-0.2, 0) is 14.8 Å². The molecular formula is C20H24N2O6S. The van der Waals surface area contributed by atoms with E-state index in [4.69, 9.17) is 14.2 Å². The third kappa shape index (κ3) is 5.32. The van der Waals surface area contributed by atoms with Gasteiger partial charge in [-0.1, -0.05) is 12.1 Å². The summed E-state index contributed by atoms with van der Waals surface area (Å²) >= 11 is 0. The van der Waals surface area contributed by atoms with Crippen LogP contribution >= 0.6 is 0 Å². The average Bonchev–Trinajstić information content (AvgIpc) is 3.14. The van der Waals surface area contributed by atoms with E-state index in [2.05, 4.69) is 5.32 Å². The molecule has 0 unspecified atom stereocenters. The molecule has 29 heavy (non-hydrogen) atoms. The van der Waals surface area contributed by atoms with E-state index in [-0.39, 0.29) is 25.7 Å². The molecule has 1 heterocycles. The smallest absolute Gasteiger partial charge is 0.232 e. The van der Waals surface area contributed by atoms with Crippen LogP contribution in [-0.4, -0.2) is 40.5 Å². The Bertz CT molecular complexity index is 977. The maximum absolute atomic E-state index is 12.3. The highest BCUT2D eigenvalue weighted by atomic mass is 32.2. The number of fused-ring (bicyclic) bond motifs is 1. The summed E-state index contributed by atoms with van der Waals surface area (Å²) in [7, 11) is -3.52. The summed E-state index contributed by atoms with van der Waals surface area (Å²) < 4.78 is 41.8. The molecule has 0 aliphatic carbocycles. The number of carbonyl (C=O) groups is 1. The van der Waals surface area contributed by atoms with Gasteiger partial charge in [-0.2, -0.15) is 0 Å². The van der Waals surface area contributed by atoms with Gasteiger partial charge in [-0.05, 0) is 37.6 Å². The molecule has 3 rings (SSSR count). The summed E-state index contributed by atoms with van der Waals surface area (Å²) in [5.74, 6) is 1.47. The van der Waals surface area contributed by atoms with Gasteiger partial charge in [0.05, 0.1) is 24.2 Å². The van der Waals surface area contributed by atoms with Crippen LogP contribution in [0.1, 0.15) is 19.8 Å². The number of hydrogen-bond donors (Lipinski definition) is 1. The Labute approximate surface area is 170 Å². The minimum atomic E-state index is -3.52. The monoisotopic (exact) mass is 420 g/mol. The van der Waals surface area contributed by atoms with Crippen molar-refractivity contribution in [2.75, 3.05) is 35.8 Å². The molecule has 9 heteroatoms. The molecule has 8 nitrogen and oxygen atoms in total. The molecule has 1 aliphatic heterocycles. The lowest BCUT2D eigenvalue weighted by atomic mass is 10.2. The van der Waals surface area contributed by atoms with Crippen LogP contribution in [0.3, 0.4) is 0 Å². The fourth-order valence-electron chi connectivity index (χ4n) is 2.97. The quantitative estimate of drug-likeness (QED) is 0.670. The predicted molar refractivity (Wildman–Crippen MR) is 110 cm³/mol. The number of carbonyl (C=O) groups excluding carboxylic acids is 1. The van der Waals surface area contributed by atoms with E-state index >= 15 is 0 Å². The van der Waals surface area contributed by atoms with Crippen LogP contribution in [0.15, 0.2) is 42.5 Å². The fourth-order valence-corrected chi connectivity index (χ4v) is 3.93. The van der Waals surface area contributed by atoms with Gasteiger partial charge in [-0.15, -0.1) is 0 Å². The molecule has 2 aromatic rings. The second-order valence-corrected chi connectivity index (χ2v) is 8.36. The minimum Gasteiger partial charge on any atom is -0.492 e. The first-order chi connectivity index (χ1) is 13.9. The average molecular weight is 420 g/mol. The summed E-state index contributed by atoms with van der Waals surface area (Å²) in [4.78, 5) is 12.3. The molecule has 0 atom stereocenters. The molecule has 156 valence electrons. The van der Waals surface area contributed by atoms with Crippen molar-refractivity contribution in [1.82, 2.24) is 0 Å². The summed E-state index contributed by atoms with van der Waals surface area (Å²) in [6, 6.07) is 12.1. The first kappa shape index (κ1) is 20.8. The van der Waals surface area contributed by atoms with E-state index in [1.807, 2.05) is 19.1 Å². The van der Waals surface area contributed by atoms with Gasteiger partial charge in [0.2, 0.25) is 22.7 Å². The molecule has 0 spiro atoms. The third-order valence-electron chi connectivity index (χ3n) is 4.27. The van der Waals surface area contributed by atoms with Gasteiger partial charge < -0.3 is 19.5 Å². The summed E-state index contributed by atoms with van der Waals surface area (Å²) in [5, 5.41) is 2.81. The van der Waals surface area contributed by atoms with E-state index in [0.717, 1.165) is 6.26 Å². The minimum absolute atomic E-state index is 0.112. The Morgan fingerprint density at radius 3 is 2.69 bits per heavy atom. The zero-order valence-corrected chi connectivity index (χ0v) is 17.2. The number of benzene rings is 2. The number of amides is 1. The zero-order chi connectivity index (χ0) is 20.9. The van der Waals surface area contributed by atoms with Crippen LogP contribution < -0.4 is 23.8 Å². The van der Waals surface area contributed by atoms with Crippen molar-refractivity contribution in [3.63, 3.8) is 0 Å². The van der Waals surface area contributed by atoms with E-state index in [1.54, 1.807) is 30.3 Å². The van der Waals surface area contributed by atoms with Crippen molar-refractivity contribution in [2.45, 2.75) is 19.8 Å².